The van der Waals surface area contributed by atoms with Gasteiger partial charge in [-0.3, -0.25) is 14.5 Å². The number of furan rings is 1. The number of amides is 2. The highest BCUT2D eigenvalue weighted by Crippen LogP contribution is 2.32. The molecule has 29 heavy (non-hydrogen) atoms. The van der Waals surface area contributed by atoms with Crippen LogP contribution in [0.5, 0.6) is 0 Å². The number of nitrogens with one attached hydrogen (secondary N) is 1. The van der Waals surface area contributed by atoms with Gasteiger partial charge in [-0.15, -0.1) is 5.10 Å². The fourth-order valence-electron chi connectivity index (χ4n) is 3.56. The van der Waals surface area contributed by atoms with E-state index in [1.165, 1.54) is 11.2 Å². The van der Waals surface area contributed by atoms with Crippen LogP contribution in [0.3, 0.4) is 0 Å². The van der Waals surface area contributed by atoms with Crippen molar-refractivity contribution < 1.29 is 14.0 Å². The van der Waals surface area contributed by atoms with Gasteiger partial charge < -0.3 is 9.73 Å². The van der Waals surface area contributed by atoms with E-state index in [9.17, 15) is 9.59 Å². The predicted molar refractivity (Wildman–Crippen MR) is 110 cm³/mol. The summed E-state index contributed by atoms with van der Waals surface area (Å²) in [7, 11) is 0. The van der Waals surface area contributed by atoms with Gasteiger partial charge >= 0.3 is 0 Å². The molecule has 1 aromatic carbocycles. The molecule has 0 bridgehead atoms. The molecule has 7 nitrogen and oxygen atoms in total. The van der Waals surface area contributed by atoms with E-state index in [-0.39, 0.29) is 17.6 Å². The van der Waals surface area contributed by atoms with Crippen molar-refractivity contribution in [3.63, 3.8) is 0 Å². The second-order valence-electron chi connectivity index (χ2n) is 6.85. The third-order valence-corrected chi connectivity index (χ3v) is 5.64. The van der Waals surface area contributed by atoms with Crippen LogP contribution in [0.15, 0.2) is 52.5 Å². The standard InChI is InChI=1S/C20H19ClN4O3S/c21-13-5-3-8-15(11-13)25(20(27)16-12-29-24-23-16)18(17-9-4-10-28-17)19(26)22-14-6-1-2-7-14/h3-5,8-12,14,18H,1-2,6-7H2,(H,22,26)/t18-/m0/s1. The smallest absolute Gasteiger partial charge is 0.280 e. The Morgan fingerprint density at radius 1 is 1.24 bits per heavy atom. The zero-order valence-corrected chi connectivity index (χ0v) is 17.0. The zero-order chi connectivity index (χ0) is 20.2. The number of benzene rings is 1. The van der Waals surface area contributed by atoms with E-state index in [0.717, 1.165) is 37.2 Å². The predicted octanol–water partition coefficient (Wildman–Crippen LogP) is 4.23. The van der Waals surface area contributed by atoms with Crippen LogP contribution in [0.1, 0.15) is 48.0 Å². The first-order chi connectivity index (χ1) is 14.1. The lowest BCUT2D eigenvalue weighted by Gasteiger charge is -2.30. The molecule has 0 spiro atoms. The molecule has 150 valence electrons. The molecule has 1 atom stereocenters. The maximum Gasteiger partial charge on any atom is 0.280 e. The van der Waals surface area contributed by atoms with Crippen molar-refractivity contribution in [2.24, 2.45) is 0 Å². The van der Waals surface area contributed by atoms with Gasteiger partial charge in [0.2, 0.25) is 0 Å². The largest absolute Gasteiger partial charge is 0.467 e. The number of nitrogens with zero attached hydrogens (tertiary/aromatic N) is 3. The Hall–Kier alpha value is -2.71. The van der Waals surface area contributed by atoms with Crippen LogP contribution in [0.25, 0.3) is 0 Å². The molecule has 1 saturated carbocycles. The Labute approximate surface area is 176 Å². The topological polar surface area (TPSA) is 88.3 Å². The van der Waals surface area contributed by atoms with Gasteiger partial charge in [-0.05, 0) is 54.7 Å². The fraction of sp³-hybridized carbons (Fsp3) is 0.300. The molecule has 1 aliphatic carbocycles. The number of hydrogen-bond acceptors (Lipinski definition) is 6. The van der Waals surface area contributed by atoms with Crippen molar-refractivity contribution >= 4 is 40.6 Å². The van der Waals surface area contributed by atoms with Gasteiger partial charge in [0, 0.05) is 22.1 Å². The first-order valence-corrected chi connectivity index (χ1v) is 10.5. The normalized spacial score (nSPS) is 15.2. The quantitative estimate of drug-likeness (QED) is 0.632. The Kier molecular flexibility index (Phi) is 5.92. The van der Waals surface area contributed by atoms with Crippen molar-refractivity contribution in [1.29, 1.82) is 0 Å². The van der Waals surface area contributed by atoms with Crippen LogP contribution >= 0.6 is 23.1 Å². The molecule has 0 saturated heterocycles. The number of rotatable bonds is 6. The third-order valence-electron chi connectivity index (χ3n) is 4.91. The lowest BCUT2D eigenvalue weighted by atomic mass is 10.1. The maximum atomic E-state index is 13.4. The molecule has 1 fully saturated rings. The minimum absolute atomic E-state index is 0.0946. The van der Waals surface area contributed by atoms with E-state index < -0.39 is 11.9 Å². The first kappa shape index (κ1) is 19.6. The van der Waals surface area contributed by atoms with Gasteiger partial charge in [0.15, 0.2) is 11.7 Å². The second-order valence-corrected chi connectivity index (χ2v) is 7.90. The number of carbonyl (C=O) groups excluding carboxylic acids is 2. The molecular formula is C20H19ClN4O3S. The Balaban J connectivity index is 1.77. The fourth-order valence-corrected chi connectivity index (χ4v) is 4.18. The van der Waals surface area contributed by atoms with E-state index in [0.29, 0.717) is 16.5 Å². The second kappa shape index (κ2) is 8.75. The molecule has 2 amide bonds. The minimum Gasteiger partial charge on any atom is -0.467 e. The summed E-state index contributed by atoms with van der Waals surface area (Å²) in [5, 5.41) is 8.97. The molecule has 0 radical (unpaired) electrons. The Morgan fingerprint density at radius 3 is 2.72 bits per heavy atom. The van der Waals surface area contributed by atoms with Gasteiger partial charge in [-0.1, -0.05) is 35.0 Å². The van der Waals surface area contributed by atoms with Crippen molar-refractivity contribution in [3.8, 4) is 0 Å². The summed E-state index contributed by atoms with van der Waals surface area (Å²) in [4.78, 5) is 28.1. The van der Waals surface area contributed by atoms with Crippen LogP contribution in [0.2, 0.25) is 5.02 Å². The lowest BCUT2D eigenvalue weighted by molar-refractivity contribution is -0.123. The highest BCUT2D eigenvalue weighted by atomic mass is 35.5. The van der Waals surface area contributed by atoms with Crippen molar-refractivity contribution in [3.05, 3.63) is 64.5 Å². The van der Waals surface area contributed by atoms with Crippen LogP contribution in [-0.2, 0) is 4.79 Å². The Bertz CT molecular complexity index is 972. The van der Waals surface area contributed by atoms with Gasteiger partial charge in [0.1, 0.15) is 5.76 Å². The lowest BCUT2D eigenvalue weighted by Crippen LogP contribution is -2.46. The van der Waals surface area contributed by atoms with Gasteiger partial charge in [-0.2, -0.15) is 0 Å². The van der Waals surface area contributed by atoms with Crippen LogP contribution in [0.4, 0.5) is 5.69 Å². The van der Waals surface area contributed by atoms with Gasteiger partial charge in [0.25, 0.3) is 11.8 Å². The van der Waals surface area contributed by atoms with E-state index in [2.05, 4.69) is 14.9 Å². The van der Waals surface area contributed by atoms with E-state index >= 15 is 0 Å². The highest BCUT2D eigenvalue weighted by molar-refractivity contribution is 7.03. The van der Waals surface area contributed by atoms with Gasteiger partial charge in [0.05, 0.1) is 6.26 Å². The molecule has 4 rings (SSSR count). The average Bonchev–Trinajstić information content (AvgIpc) is 3.49. The maximum absolute atomic E-state index is 13.4. The molecular weight excluding hydrogens is 412 g/mol. The van der Waals surface area contributed by atoms with E-state index in [4.69, 9.17) is 16.0 Å². The highest BCUT2D eigenvalue weighted by Gasteiger charge is 2.37. The number of anilines is 1. The zero-order valence-electron chi connectivity index (χ0n) is 15.5. The number of halogens is 1. The van der Waals surface area contributed by atoms with Crippen LogP contribution in [-0.4, -0.2) is 27.4 Å². The van der Waals surface area contributed by atoms with Gasteiger partial charge in [-0.25, -0.2) is 0 Å². The minimum atomic E-state index is -1.00. The first-order valence-electron chi connectivity index (χ1n) is 9.33. The molecule has 2 heterocycles. The molecule has 9 heteroatoms. The molecule has 1 aliphatic rings. The summed E-state index contributed by atoms with van der Waals surface area (Å²) in [6.07, 6.45) is 5.50. The monoisotopic (exact) mass is 430 g/mol. The van der Waals surface area contributed by atoms with E-state index in [1.807, 2.05) is 0 Å². The van der Waals surface area contributed by atoms with Crippen molar-refractivity contribution in [2.75, 3.05) is 4.90 Å². The molecule has 3 aromatic rings. The molecule has 0 aliphatic heterocycles. The summed E-state index contributed by atoms with van der Waals surface area (Å²) < 4.78 is 9.34. The molecule has 0 unspecified atom stereocenters. The summed E-state index contributed by atoms with van der Waals surface area (Å²) in [6.45, 7) is 0. The summed E-state index contributed by atoms with van der Waals surface area (Å²) >= 11 is 7.25. The number of aromatic nitrogens is 2. The molecule has 2 aromatic heterocycles. The van der Waals surface area contributed by atoms with Crippen LogP contribution < -0.4 is 10.2 Å². The number of carbonyl (C=O) groups is 2. The van der Waals surface area contributed by atoms with Crippen molar-refractivity contribution in [2.45, 2.75) is 37.8 Å². The van der Waals surface area contributed by atoms with Crippen LogP contribution in [0, 0.1) is 0 Å². The third kappa shape index (κ3) is 4.33. The summed E-state index contributed by atoms with van der Waals surface area (Å²) in [5.74, 6) is -0.399. The SMILES string of the molecule is O=C(NC1CCCC1)[C@H](c1ccco1)N(C(=O)c1csnn1)c1cccc(Cl)c1. The average molecular weight is 431 g/mol. The Morgan fingerprint density at radius 2 is 2.07 bits per heavy atom. The van der Waals surface area contributed by atoms with E-state index in [1.54, 1.807) is 41.8 Å². The number of hydrogen-bond donors (Lipinski definition) is 1. The molecule has 1 N–H and O–H groups in total. The summed E-state index contributed by atoms with van der Waals surface area (Å²) in [5.41, 5.74) is 0.624. The van der Waals surface area contributed by atoms with Crippen molar-refractivity contribution in [1.82, 2.24) is 14.9 Å². The summed E-state index contributed by atoms with van der Waals surface area (Å²) in [6, 6.07) is 9.26.